The highest BCUT2D eigenvalue weighted by Gasteiger charge is 2.27. The maximum absolute atomic E-state index is 13.4. The summed E-state index contributed by atoms with van der Waals surface area (Å²) in [5.74, 6) is 0.00755. The van der Waals surface area contributed by atoms with Crippen molar-refractivity contribution in [3.05, 3.63) is 78.1 Å². The van der Waals surface area contributed by atoms with Crippen molar-refractivity contribution < 1.29 is 18.3 Å². The largest absolute Gasteiger partial charge is 0.497 e. The second-order valence-corrected chi connectivity index (χ2v) is 8.60. The molecule has 3 heterocycles. The predicted octanol–water partition coefficient (Wildman–Crippen LogP) is 4.22. The Kier molecular flexibility index (Phi) is 6.31. The van der Waals surface area contributed by atoms with Crippen LogP contribution in [0.4, 0.5) is 14.6 Å². The maximum atomic E-state index is 13.4. The fourth-order valence-electron chi connectivity index (χ4n) is 4.48. The normalized spacial score (nSPS) is 14.3. The van der Waals surface area contributed by atoms with Crippen molar-refractivity contribution >= 4 is 17.2 Å². The number of nitrogens with zero attached hydrogens (tertiary/aromatic N) is 4. The van der Waals surface area contributed by atoms with E-state index < -0.39 is 11.6 Å². The number of methoxy groups -OCH3 is 1. The third kappa shape index (κ3) is 4.94. The molecule has 180 valence electrons. The Labute approximate surface area is 201 Å². The molecular weight excluding hydrogens is 452 g/mol. The second-order valence-electron chi connectivity index (χ2n) is 8.60. The number of amides is 1. The molecule has 0 bridgehead atoms. The van der Waals surface area contributed by atoms with Gasteiger partial charge in [-0.15, -0.1) is 0 Å². The van der Waals surface area contributed by atoms with Crippen LogP contribution in [0.1, 0.15) is 18.4 Å². The lowest BCUT2D eigenvalue weighted by atomic mass is 9.95. The number of carbonyl (C=O) groups is 1. The van der Waals surface area contributed by atoms with E-state index in [0.29, 0.717) is 31.5 Å². The fourth-order valence-corrected chi connectivity index (χ4v) is 4.48. The van der Waals surface area contributed by atoms with E-state index in [4.69, 9.17) is 9.84 Å². The lowest BCUT2D eigenvalue weighted by Gasteiger charge is -2.32. The summed E-state index contributed by atoms with van der Waals surface area (Å²) in [5.41, 5.74) is 3.06. The third-order valence-electron chi connectivity index (χ3n) is 6.29. The minimum absolute atomic E-state index is 0.0947. The van der Waals surface area contributed by atoms with Crippen LogP contribution >= 0.6 is 0 Å². The van der Waals surface area contributed by atoms with Gasteiger partial charge in [0.05, 0.1) is 12.8 Å². The Bertz CT molecular complexity index is 1340. The Morgan fingerprint density at radius 1 is 1.11 bits per heavy atom. The first-order valence-electron chi connectivity index (χ1n) is 11.5. The molecule has 0 unspecified atom stereocenters. The molecule has 35 heavy (non-hydrogen) atoms. The smallest absolute Gasteiger partial charge is 0.223 e. The van der Waals surface area contributed by atoms with Crippen LogP contribution in [0.2, 0.25) is 0 Å². The highest BCUT2D eigenvalue weighted by molar-refractivity contribution is 5.79. The molecule has 4 aromatic rings. The summed E-state index contributed by atoms with van der Waals surface area (Å²) in [7, 11) is 1.63. The summed E-state index contributed by atoms with van der Waals surface area (Å²) >= 11 is 0. The number of hydrogen-bond acceptors (Lipinski definition) is 5. The van der Waals surface area contributed by atoms with Crippen LogP contribution in [0.15, 0.2) is 60.9 Å². The lowest BCUT2D eigenvalue weighted by Crippen LogP contribution is -2.40. The van der Waals surface area contributed by atoms with Gasteiger partial charge < -0.3 is 15.0 Å². The Morgan fingerprint density at radius 2 is 1.89 bits per heavy atom. The van der Waals surface area contributed by atoms with Crippen molar-refractivity contribution in [1.29, 1.82) is 0 Å². The molecule has 0 atom stereocenters. The van der Waals surface area contributed by atoms with E-state index >= 15 is 0 Å². The zero-order valence-electron chi connectivity index (χ0n) is 19.2. The van der Waals surface area contributed by atoms with Crippen molar-refractivity contribution in [2.45, 2.75) is 19.4 Å². The minimum Gasteiger partial charge on any atom is -0.497 e. The Balaban J connectivity index is 1.25. The van der Waals surface area contributed by atoms with Crippen molar-refractivity contribution in [2.75, 3.05) is 25.1 Å². The van der Waals surface area contributed by atoms with Crippen LogP contribution < -0.4 is 15.0 Å². The van der Waals surface area contributed by atoms with Crippen LogP contribution in [-0.4, -0.2) is 40.7 Å². The zero-order chi connectivity index (χ0) is 24.4. The monoisotopic (exact) mass is 477 g/mol. The first kappa shape index (κ1) is 22.8. The molecule has 1 fully saturated rings. The van der Waals surface area contributed by atoms with E-state index in [2.05, 4.69) is 15.2 Å². The van der Waals surface area contributed by atoms with E-state index in [1.54, 1.807) is 13.3 Å². The second kappa shape index (κ2) is 9.69. The van der Waals surface area contributed by atoms with E-state index in [1.807, 2.05) is 41.0 Å². The number of hydrogen-bond donors (Lipinski definition) is 1. The Hall–Kier alpha value is -4.01. The molecule has 2 aromatic carbocycles. The number of anilines is 1. The van der Waals surface area contributed by atoms with E-state index in [9.17, 15) is 13.6 Å². The number of carbonyl (C=O) groups excluding carboxylic acids is 1. The number of ether oxygens (including phenoxy) is 1. The van der Waals surface area contributed by atoms with Crippen LogP contribution in [0.3, 0.4) is 0 Å². The van der Waals surface area contributed by atoms with Gasteiger partial charge in [-0.25, -0.2) is 18.3 Å². The topological polar surface area (TPSA) is 71.8 Å². The molecule has 0 saturated carbocycles. The number of benzene rings is 2. The molecule has 1 aliphatic rings. The SMILES string of the molecule is COc1cccc(-c2cc3c(N4CCC(C(=O)NCc5cc(F)cc(F)c5)CC4)nccn3n2)c1. The van der Waals surface area contributed by atoms with Crippen molar-refractivity contribution in [3.8, 4) is 17.0 Å². The van der Waals surface area contributed by atoms with Gasteiger partial charge in [0.2, 0.25) is 5.91 Å². The number of nitrogens with one attached hydrogen (secondary N) is 1. The van der Waals surface area contributed by atoms with Crippen molar-refractivity contribution in [2.24, 2.45) is 5.92 Å². The van der Waals surface area contributed by atoms with Crippen molar-refractivity contribution in [3.63, 3.8) is 0 Å². The average Bonchev–Trinajstić information content (AvgIpc) is 3.31. The molecular formula is C26H25F2N5O2. The summed E-state index contributed by atoms with van der Waals surface area (Å²) in [6, 6.07) is 13.0. The number of rotatable bonds is 6. The highest BCUT2D eigenvalue weighted by atomic mass is 19.1. The third-order valence-corrected chi connectivity index (χ3v) is 6.29. The standard InChI is InChI=1S/C26H25F2N5O2/c1-35-22-4-2-3-19(13-22)23-15-24-25(29-7-10-33(24)31-23)32-8-5-18(6-9-32)26(34)30-16-17-11-20(27)14-21(28)12-17/h2-4,7,10-15,18H,5-6,8-9,16H2,1H3,(H,30,34). The van der Waals surface area contributed by atoms with Gasteiger partial charge in [-0.3, -0.25) is 4.79 Å². The van der Waals surface area contributed by atoms with Crippen LogP contribution in [-0.2, 0) is 11.3 Å². The number of aromatic nitrogens is 3. The molecule has 0 radical (unpaired) electrons. The summed E-state index contributed by atoms with van der Waals surface area (Å²) in [6.07, 6.45) is 4.85. The minimum atomic E-state index is -0.654. The summed E-state index contributed by atoms with van der Waals surface area (Å²) in [6.45, 7) is 1.43. The van der Waals surface area contributed by atoms with E-state index in [-0.39, 0.29) is 18.4 Å². The van der Waals surface area contributed by atoms with Gasteiger partial charge in [-0.2, -0.15) is 5.10 Å². The lowest BCUT2D eigenvalue weighted by molar-refractivity contribution is -0.125. The van der Waals surface area contributed by atoms with Gasteiger partial charge in [0, 0.05) is 49.6 Å². The van der Waals surface area contributed by atoms with Crippen LogP contribution in [0, 0.1) is 17.6 Å². The summed E-state index contributed by atoms with van der Waals surface area (Å²) < 4.78 is 33.9. The predicted molar refractivity (Wildman–Crippen MR) is 128 cm³/mol. The highest BCUT2D eigenvalue weighted by Crippen LogP contribution is 2.29. The number of piperidine rings is 1. The average molecular weight is 478 g/mol. The van der Waals surface area contributed by atoms with E-state index in [1.165, 1.54) is 12.1 Å². The summed E-state index contributed by atoms with van der Waals surface area (Å²) in [5, 5.41) is 7.51. The maximum Gasteiger partial charge on any atom is 0.223 e. The van der Waals surface area contributed by atoms with Gasteiger partial charge in [-0.05, 0) is 48.7 Å². The molecule has 7 nitrogen and oxygen atoms in total. The molecule has 0 spiro atoms. The molecule has 5 rings (SSSR count). The van der Waals surface area contributed by atoms with Gasteiger partial charge in [0.1, 0.15) is 22.9 Å². The first-order valence-corrected chi connectivity index (χ1v) is 11.5. The molecule has 0 aliphatic carbocycles. The van der Waals surface area contributed by atoms with Gasteiger partial charge in [0.15, 0.2) is 5.82 Å². The Morgan fingerprint density at radius 3 is 2.63 bits per heavy atom. The number of fused-ring (bicyclic) bond motifs is 1. The molecule has 1 saturated heterocycles. The molecule has 2 aromatic heterocycles. The van der Waals surface area contributed by atoms with Crippen molar-refractivity contribution in [1.82, 2.24) is 19.9 Å². The quantitative estimate of drug-likeness (QED) is 0.450. The van der Waals surface area contributed by atoms with E-state index in [0.717, 1.165) is 34.4 Å². The van der Waals surface area contributed by atoms with Gasteiger partial charge >= 0.3 is 0 Å². The number of halogens is 2. The summed E-state index contributed by atoms with van der Waals surface area (Å²) in [4.78, 5) is 19.4. The molecule has 1 N–H and O–H groups in total. The molecule has 1 aliphatic heterocycles. The molecule has 1 amide bonds. The molecule has 9 heteroatoms. The van der Waals surface area contributed by atoms with Crippen LogP contribution in [0.5, 0.6) is 5.75 Å². The van der Waals surface area contributed by atoms with Crippen LogP contribution in [0.25, 0.3) is 16.8 Å². The fraction of sp³-hybridized carbons (Fsp3) is 0.269. The van der Waals surface area contributed by atoms with Gasteiger partial charge in [0.25, 0.3) is 0 Å². The zero-order valence-corrected chi connectivity index (χ0v) is 19.2. The first-order chi connectivity index (χ1) is 17.0. The van der Waals surface area contributed by atoms with Gasteiger partial charge in [-0.1, -0.05) is 12.1 Å².